The van der Waals surface area contributed by atoms with Crippen LogP contribution in [0.2, 0.25) is 0 Å². The first kappa shape index (κ1) is 30.9. The number of carbonyl (C=O) groups is 4. The molecule has 0 aromatic heterocycles. The summed E-state index contributed by atoms with van der Waals surface area (Å²) in [5, 5.41) is 12.7. The number of rotatable bonds is 10. The van der Waals surface area contributed by atoms with Crippen LogP contribution in [0.5, 0.6) is 11.5 Å². The highest BCUT2D eigenvalue weighted by Gasteiger charge is 2.44. The van der Waals surface area contributed by atoms with Gasteiger partial charge in [0.25, 0.3) is 5.72 Å². The molecule has 10 nitrogen and oxygen atoms in total. The predicted octanol–water partition coefficient (Wildman–Crippen LogP) is 4.47. The molecule has 0 heterocycles. The van der Waals surface area contributed by atoms with E-state index >= 15 is 0 Å². The Morgan fingerprint density at radius 3 is 1.81 bits per heavy atom. The lowest BCUT2D eigenvalue weighted by atomic mass is 9.92. The number of hydrogen-bond donors (Lipinski definition) is 2. The molecular weight excluding hydrogens is 470 g/mol. The van der Waals surface area contributed by atoms with Crippen molar-refractivity contribution in [1.82, 2.24) is 5.32 Å². The van der Waals surface area contributed by atoms with E-state index in [0.29, 0.717) is 5.56 Å². The Morgan fingerprint density at radius 1 is 0.889 bits per heavy atom. The fourth-order valence-electron chi connectivity index (χ4n) is 3.25. The van der Waals surface area contributed by atoms with Gasteiger partial charge in [0.2, 0.25) is 0 Å². The summed E-state index contributed by atoms with van der Waals surface area (Å²) in [5.74, 6) is -2.55. The molecule has 0 unspecified atom stereocenters. The molecule has 1 atom stereocenters. The molecule has 0 saturated carbocycles. The lowest BCUT2D eigenvalue weighted by Crippen LogP contribution is -2.59. The molecule has 0 amide bonds. The zero-order chi connectivity index (χ0) is 27.9. The van der Waals surface area contributed by atoms with Crippen LogP contribution in [0, 0.1) is 10.8 Å². The SMILES string of the molecule is COC(=O)O[C@](Cc1ccc(OC(=O)CC(C)(C)C)c(OC(=O)CC(C)(C)C)c1)(NC(C)C)C(=O)O. The number of esters is 2. The number of ether oxygens (including phenoxy) is 4. The molecule has 1 rings (SSSR count). The lowest BCUT2D eigenvalue weighted by molar-refractivity contribution is -0.166. The minimum atomic E-state index is -2.17. The molecule has 36 heavy (non-hydrogen) atoms. The van der Waals surface area contributed by atoms with Crippen molar-refractivity contribution in [2.75, 3.05) is 7.11 Å². The monoisotopic (exact) mass is 509 g/mol. The summed E-state index contributed by atoms with van der Waals surface area (Å²) in [6, 6.07) is 3.92. The number of carboxylic acid groups (broad SMARTS) is 1. The maximum atomic E-state index is 12.6. The summed E-state index contributed by atoms with van der Waals surface area (Å²) in [4.78, 5) is 49.1. The minimum Gasteiger partial charge on any atom is -0.477 e. The highest BCUT2D eigenvalue weighted by molar-refractivity contribution is 5.81. The van der Waals surface area contributed by atoms with E-state index in [4.69, 9.17) is 14.2 Å². The van der Waals surface area contributed by atoms with Gasteiger partial charge in [-0.15, -0.1) is 0 Å². The third-order valence-corrected chi connectivity index (χ3v) is 4.55. The van der Waals surface area contributed by atoms with Crippen molar-refractivity contribution in [2.24, 2.45) is 10.8 Å². The third kappa shape index (κ3) is 10.6. The first-order chi connectivity index (χ1) is 16.4. The molecule has 0 aliphatic carbocycles. The van der Waals surface area contributed by atoms with Crippen molar-refractivity contribution in [2.45, 2.75) is 86.4 Å². The van der Waals surface area contributed by atoms with Gasteiger partial charge in [0.15, 0.2) is 11.5 Å². The second kappa shape index (κ2) is 12.2. The van der Waals surface area contributed by atoms with Crippen molar-refractivity contribution in [3.8, 4) is 11.5 Å². The second-order valence-corrected chi connectivity index (χ2v) is 11.4. The number of methoxy groups -OCH3 is 1. The van der Waals surface area contributed by atoms with Crippen LogP contribution < -0.4 is 14.8 Å². The van der Waals surface area contributed by atoms with Crippen LogP contribution in [-0.2, 0) is 30.3 Å². The van der Waals surface area contributed by atoms with E-state index in [-0.39, 0.29) is 47.6 Å². The summed E-state index contributed by atoms with van der Waals surface area (Å²) in [6.07, 6.45) is -1.31. The van der Waals surface area contributed by atoms with Crippen LogP contribution in [0.4, 0.5) is 4.79 Å². The first-order valence-corrected chi connectivity index (χ1v) is 11.7. The highest BCUT2D eigenvalue weighted by Crippen LogP contribution is 2.33. The lowest BCUT2D eigenvalue weighted by Gasteiger charge is -2.31. The summed E-state index contributed by atoms with van der Waals surface area (Å²) >= 11 is 0. The third-order valence-electron chi connectivity index (χ3n) is 4.55. The molecule has 0 bridgehead atoms. The fourth-order valence-corrected chi connectivity index (χ4v) is 3.25. The molecule has 0 radical (unpaired) electrons. The number of aliphatic carboxylic acids is 1. The van der Waals surface area contributed by atoms with Crippen molar-refractivity contribution >= 4 is 24.1 Å². The zero-order valence-electron chi connectivity index (χ0n) is 22.6. The van der Waals surface area contributed by atoms with Gasteiger partial charge in [-0.1, -0.05) is 47.6 Å². The van der Waals surface area contributed by atoms with Crippen LogP contribution in [0.1, 0.15) is 73.8 Å². The molecule has 0 aliphatic heterocycles. The average molecular weight is 510 g/mol. The molecule has 2 N–H and O–H groups in total. The van der Waals surface area contributed by atoms with Crippen LogP contribution in [0.25, 0.3) is 0 Å². The summed E-state index contributed by atoms with van der Waals surface area (Å²) in [7, 11) is 1.07. The zero-order valence-corrected chi connectivity index (χ0v) is 22.6. The Morgan fingerprint density at radius 2 is 1.39 bits per heavy atom. The van der Waals surface area contributed by atoms with Crippen molar-refractivity contribution in [3.63, 3.8) is 0 Å². The molecule has 0 saturated heterocycles. The molecule has 1 aromatic carbocycles. The first-order valence-electron chi connectivity index (χ1n) is 11.7. The van der Waals surface area contributed by atoms with Gasteiger partial charge in [-0.3, -0.25) is 14.9 Å². The van der Waals surface area contributed by atoms with Gasteiger partial charge in [0.05, 0.1) is 20.0 Å². The van der Waals surface area contributed by atoms with Crippen molar-refractivity contribution in [1.29, 1.82) is 0 Å². The largest absolute Gasteiger partial charge is 0.510 e. The van der Waals surface area contributed by atoms with Gasteiger partial charge in [-0.2, -0.15) is 0 Å². The Hall–Kier alpha value is -3.14. The second-order valence-electron chi connectivity index (χ2n) is 11.4. The predicted molar refractivity (Wildman–Crippen MR) is 132 cm³/mol. The smallest absolute Gasteiger partial charge is 0.477 e. The number of hydrogen-bond acceptors (Lipinski definition) is 9. The van der Waals surface area contributed by atoms with E-state index in [2.05, 4.69) is 10.1 Å². The molecule has 1 aromatic rings. The van der Waals surface area contributed by atoms with Crippen LogP contribution in [-0.4, -0.2) is 48.0 Å². The van der Waals surface area contributed by atoms with Crippen LogP contribution >= 0.6 is 0 Å². The number of carbonyl (C=O) groups excluding carboxylic acids is 3. The van der Waals surface area contributed by atoms with E-state index in [1.165, 1.54) is 18.2 Å². The standard InChI is InChI=1S/C26H39NO9/c1-16(2)27-26(22(30)31,36-23(32)33-9)13-17-10-11-18(34-20(28)14-24(3,4)5)19(12-17)35-21(29)15-25(6,7)8/h10-12,16,27H,13-15H2,1-9H3,(H,30,31)/t26-/m0/s1. The quantitative estimate of drug-likeness (QED) is 0.264. The van der Waals surface area contributed by atoms with Crippen LogP contribution in [0.3, 0.4) is 0 Å². The number of benzene rings is 1. The molecular formula is C26H39NO9. The summed E-state index contributed by atoms with van der Waals surface area (Å²) < 4.78 is 20.7. The molecule has 0 spiro atoms. The van der Waals surface area contributed by atoms with Crippen LogP contribution in [0.15, 0.2) is 18.2 Å². The van der Waals surface area contributed by atoms with Gasteiger partial charge < -0.3 is 24.1 Å². The Labute approximate surface area is 212 Å². The maximum absolute atomic E-state index is 12.6. The summed E-state index contributed by atoms with van der Waals surface area (Å²) in [5.41, 5.74) is -2.51. The van der Waals surface area contributed by atoms with Gasteiger partial charge in [-0.25, -0.2) is 9.59 Å². The van der Waals surface area contributed by atoms with Gasteiger partial charge in [0.1, 0.15) is 0 Å². The van der Waals surface area contributed by atoms with E-state index in [9.17, 15) is 24.3 Å². The molecule has 0 aliphatic rings. The Bertz CT molecular complexity index is 957. The average Bonchev–Trinajstić information content (AvgIpc) is 2.66. The fraction of sp³-hybridized carbons (Fsp3) is 0.615. The number of nitrogens with one attached hydrogen (secondary N) is 1. The van der Waals surface area contributed by atoms with Crippen molar-refractivity contribution in [3.05, 3.63) is 23.8 Å². The minimum absolute atomic E-state index is 0.0156. The highest BCUT2D eigenvalue weighted by atomic mass is 16.7. The molecule has 10 heteroatoms. The molecule has 0 fully saturated rings. The molecule has 202 valence electrons. The maximum Gasteiger partial charge on any atom is 0.510 e. The van der Waals surface area contributed by atoms with Crippen molar-refractivity contribution < 1.29 is 43.2 Å². The van der Waals surface area contributed by atoms with Gasteiger partial charge >= 0.3 is 24.1 Å². The number of carboxylic acids is 1. The Balaban J connectivity index is 3.45. The normalized spacial score (nSPS) is 13.5. The summed E-state index contributed by atoms with van der Waals surface area (Å²) in [6.45, 7) is 14.7. The van der Waals surface area contributed by atoms with E-state index in [1.54, 1.807) is 13.8 Å². The topological polar surface area (TPSA) is 137 Å². The van der Waals surface area contributed by atoms with Gasteiger partial charge in [-0.05, 0) is 42.4 Å². The Kier molecular flexibility index (Phi) is 10.5. The van der Waals surface area contributed by atoms with E-state index in [0.717, 1.165) is 7.11 Å². The van der Waals surface area contributed by atoms with E-state index in [1.807, 2.05) is 41.5 Å². The van der Waals surface area contributed by atoms with Gasteiger partial charge in [0, 0.05) is 12.5 Å². The van der Waals surface area contributed by atoms with E-state index < -0.39 is 29.8 Å².